The second-order valence-corrected chi connectivity index (χ2v) is 4.80. The van der Waals surface area contributed by atoms with Gasteiger partial charge in [-0.3, -0.25) is 0 Å². The van der Waals surface area contributed by atoms with E-state index in [1.54, 1.807) is 0 Å². The minimum absolute atomic E-state index is 1.33. The largest absolute Gasteiger partial charge is 0.503 e. The third-order valence-electron chi connectivity index (χ3n) is 2.79. The molecule has 0 saturated heterocycles. The molecule has 0 amide bonds. The van der Waals surface area contributed by atoms with Crippen molar-refractivity contribution in [1.82, 2.24) is 0 Å². The molecule has 0 aromatic heterocycles. The molecule has 0 heterocycles. The van der Waals surface area contributed by atoms with Gasteiger partial charge in [-0.05, 0) is 25.7 Å². The number of rotatable bonds is 8. The molecular weight excluding hydrogens is 278 g/mol. The van der Waals surface area contributed by atoms with Gasteiger partial charge in [0.25, 0.3) is 0 Å². The summed E-state index contributed by atoms with van der Waals surface area (Å²) in [6.07, 6.45) is 1.67. The molecule has 4 N–H and O–H groups in total. The molecular formula is C14H32NO6+. The van der Waals surface area contributed by atoms with Crippen molar-refractivity contribution < 1.29 is 34.5 Å². The molecule has 7 heteroatoms. The van der Waals surface area contributed by atoms with Crippen LogP contribution >= 0.6 is 0 Å². The zero-order chi connectivity index (χ0) is 17.3. The molecule has 0 saturated carbocycles. The summed E-state index contributed by atoms with van der Waals surface area (Å²) in [5.74, 6) is 0. The molecule has 0 atom stereocenters. The van der Waals surface area contributed by atoms with Gasteiger partial charge in [0.15, 0.2) is 0 Å². The maximum atomic E-state index is 8.56. The minimum atomic E-state index is -1.83. The van der Waals surface area contributed by atoms with Gasteiger partial charge in [0.05, 0.1) is 26.2 Å². The van der Waals surface area contributed by atoms with Crippen LogP contribution in [0.1, 0.15) is 53.4 Å². The first-order chi connectivity index (χ1) is 9.71. The highest BCUT2D eigenvalue weighted by Crippen LogP contribution is 2.12. The van der Waals surface area contributed by atoms with Gasteiger partial charge < -0.3 is 24.9 Å². The Morgan fingerprint density at radius 2 is 0.762 bits per heavy atom. The molecule has 0 aromatic rings. The fraction of sp³-hybridized carbons (Fsp3) is 0.857. The van der Waals surface area contributed by atoms with Crippen molar-refractivity contribution in [3.63, 3.8) is 0 Å². The Morgan fingerprint density at radius 3 is 0.857 bits per heavy atom. The van der Waals surface area contributed by atoms with Gasteiger partial charge in [0.1, 0.15) is 0 Å². The number of hydrogen-bond acceptors (Lipinski definition) is 2. The zero-order valence-electron chi connectivity index (χ0n) is 13.7. The number of carbonyl (C=O) groups is 2. The quantitative estimate of drug-likeness (QED) is 0.506. The van der Waals surface area contributed by atoms with E-state index in [-0.39, 0.29) is 0 Å². The molecule has 0 bridgehead atoms. The van der Waals surface area contributed by atoms with Crippen LogP contribution in [0.4, 0.5) is 9.59 Å². The smallest absolute Gasteiger partial charge is 0.450 e. The molecule has 0 aliphatic heterocycles. The SMILES string of the molecule is CCC[N+](CCC)(CCC)CCC.O=C(O)O.O=C(O)O. The normalized spacial score (nSPS) is 9.71. The molecule has 0 unspecified atom stereocenters. The van der Waals surface area contributed by atoms with Crippen molar-refractivity contribution in [2.45, 2.75) is 53.4 Å². The Labute approximate surface area is 127 Å². The van der Waals surface area contributed by atoms with E-state index < -0.39 is 12.3 Å². The summed E-state index contributed by atoms with van der Waals surface area (Å²) in [6, 6.07) is 0. The van der Waals surface area contributed by atoms with Crippen LogP contribution in [0.5, 0.6) is 0 Å². The van der Waals surface area contributed by atoms with E-state index in [2.05, 4.69) is 27.7 Å². The van der Waals surface area contributed by atoms with E-state index in [9.17, 15) is 0 Å². The second kappa shape index (κ2) is 16.6. The van der Waals surface area contributed by atoms with E-state index >= 15 is 0 Å². The molecule has 0 rings (SSSR count). The van der Waals surface area contributed by atoms with E-state index in [0.717, 1.165) is 0 Å². The zero-order valence-corrected chi connectivity index (χ0v) is 13.7. The lowest BCUT2D eigenvalue weighted by Crippen LogP contribution is -2.50. The summed E-state index contributed by atoms with van der Waals surface area (Å²) >= 11 is 0. The van der Waals surface area contributed by atoms with E-state index in [0.29, 0.717) is 0 Å². The third kappa shape index (κ3) is 24.0. The molecule has 0 aromatic carbocycles. The Bertz CT molecular complexity index is 208. The topological polar surface area (TPSA) is 115 Å². The van der Waals surface area contributed by atoms with Crippen LogP contribution < -0.4 is 0 Å². The molecule has 128 valence electrons. The highest BCUT2D eigenvalue weighted by molar-refractivity contribution is 5.53. The fourth-order valence-electron chi connectivity index (χ4n) is 2.57. The van der Waals surface area contributed by atoms with Crippen molar-refractivity contribution in [1.29, 1.82) is 0 Å². The highest BCUT2D eigenvalue weighted by atomic mass is 16.6. The third-order valence-corrected chi connectivity index (χ3v) is 2.79. The van der Waals surface area contributed by atoms with Crippen molar-refractivity contribution in [3.8, 4) is 0 Å². The fourth-order valence-corrected chi connectivity index (χ4v) is 2.57. The first-order valence-electron chi connectivity index (χ1n) is 7.40. The molecule has 7 nitrogen and oxygen atoms in total. The predicted molar refractivity (Wildman–Crippen MR) is 82.2 cm³/mol. The highest BCUT2D eigenvalue weighted by Gasteiger charge is 2.22. The van der Waals surface area contributed by atoms with E-state index in [1.165, 1.54) is 56.3 Å². The van der Waals surface area contributed by atoms with Crippen molar-refractivity contribution >= 4 is 12.3 Å². The summed E-state index contributed by atoms with van der Waals surface area (Å²) in [6.45, 7) is 14.8. The number of nitrogens with zero attached hydrogens (tertiary/aromatic N) is 1. The summed E-state index contributed by atoms with van der Waals surface area (Å²) < 4.78 is 1.38. The Balaban J connectivity index is -0.000000334. The lowest BCUT2D eigenvalue weighted by Gasteiger charge is -2.38. The van der Waals surface area contributed by atoms with Gasteiger partial charge in [-0.25, -0.2) is 9.59 Å². The summed E-state index contributed by atoms with van der Waals surface area (Å²) in [5, 5.41) is 27.9. The molecule has 0 aliphatic carbocycles. The molecule has 0 radical (unpaired) electrons. The van der Waals surface area contributed by atoms with Gasteiger partial charge in [-0.1, -0.05) is 27.7 Å². The Hall–Kier alpha value is -1.50. The van der Waals surface area contributed by atoms with Crippen LogP contribution in [0.15, 0.2) is 0 Å². The molecule has 21 heavy (non-hydrogen) atoms. The van der Waals surface area contributed by atoms with Gasteiger partial charge in [0, 0.05) is 0 Å². The summed E-state index contributed by atoms with van der Waals surface area (Å²) in [5.41, 5.74) is 0. The van der Waals surface area contributed by atoms with Gasteiger partial charge >= 0.3 is 12.3 Å². The number of hydrogen-bond donors (Lipinski definition) is 4. The predicted octanol–water partition coefficient (Wildman–Crippen LogP) is 3.89. The lowest BCUT2D eigenvalue weighted by molar-refractivity contribution is -0.928. The van der Waals surface area contributed by atoms with Crippen molar-refractivity contribution in [2.75, 3.05) is 26.2 Å². The maximum Gasteiger partial charge on any atom is 0.503 e. The molecule has 0 spiro atoms. The Kier molecular flexibility index (Phi) is 19.3. The first-order valence-corrected chi connectivity index (χ1v) is 7.40. The lowest BCUT2D eigenvalue weighted by atomic mass is 10.2. The van der Waals surface area contributed by atoms with Crippen LogP contribution in [-0.4, -0.2) is 63.4 Å². The minimum Gasteiger partial charge on any atom is -0.450 e. The van der Waals surface area contributed by atoms with Crippen LogP contribution in [0.3, 0.4) is 0 Å². The number of quaternary nitrogens is 1. The summed E-state index contributed by atoms with van der Waals surface area (Å²) in [4.78, 5) is 17.1. The monoisotopic (exact) mass is 310 g/mol. The second-order valence-electron chi connectivity index (χ2n) is 4.80. The van der Waals surface area contributed by atoms with Crippen molar-refractivity contribution in [3.05, 3.63) is 0 Å². The maximum absolute atomic E-state index is 8.56. The van der Waals surface area contributed by atoms with Crippen LogP contribution in [0.2, 0.25) is 0 Å². The van der Waals surface area contributed by atoms with E-state index in [1.807, 2.05) is 0 Å². The molecule has 0 fully saturated rings. The summed E-state index contributed by atoms with van der Waals surface area (Å²) in [7, 11) is 0. The van der Waals surface area contributed by atoms with E-state index in [4.69, 9.17) is 30.0 Å². The van der Waals surface area contributed by atoms with Gasteiger partial charge in [0.2, 0.25) is 0 Å². The average Bonchev–Trinajstić information content (AvgIpc) is 2.28. The van der Waals surface area contributed by atoms with Crippen LogP contribution in [-0.2, 0) is 0 Å². The van der Waals surface area contributed by atoms with Gasteiger partial charge in [-0.2, -0.15) is 0 Å². The first kappa shape index (κ1) is 24.5. The van der Waals surface area contributed by atoms with Crippen molar-refractivity contribution in [2.24, 2.45) is 0 Å². The number of carboxylic acid groups (broad SMARTS) is 4. The van der Waals surface area contributed by atoms with Gasteiger partial charge in [-0.15, -0.1) is 0 Å². The standard InChI is InChI=1S/C12H28N.2CH2O3/c1-5-9-13(10-6-2,11-7-3)12-8-4;2*2-1(3)4/h5-12H2,1-4H3;2*(H2,2,3,4)/q+1;;. The molecule has 0 aliphatic rings. The Morgan fingerprint density at radius 1 is 0.619 bits per heavy atom. The average molecular weight is 310 g/mol. The van der Waals surface area contributed by atoms with Crippen LogP contribution in [0, 0.1) is 0 Å². The van der Waals surface area contributed by atoms with Crippen LogP contribution in [0.25, 0.3) is 0 Å².